The van der Waals surface area contributed by atoms with Crippen LogP contribution in [0, 0.1) is 0 Å². The number of carbonyl (C=O) groups is 1. The molecule has 1 rings (SSSR count). The van der Waals surface area contributed by atoms with E-state index in [1.54, 1.807) is 6.20 Å². The van der Waals surface area contributed by atoms with E-state index >= 15 is 0 Å². The molecule has 0 saturated carbocycles. The second kappa shape index (κ2) is 4.40. The van der Waals surface area contributed by atoms with Crippen molar-refractivity contribution in [3.05, 3.63) is 16.4 Å². The van der Waals surface area contributed by atoms with Crippen LogP contribution < -0.4 is 0 Å². The molecule has 0 aliphatic carbocycles. The molecule has 0 N–H and O–H groups in total. The van der Waals surface area contributed by atoms with Gasteiger partial charge in [0.05, 0.1) is 16.4 Å². The van der Waals surface area contributed by atoms with E-state index in [-0.39, 0.29) is 0 Å². The largest absolute Gasteiger partial charge is 0.303 e. The Morgan fingerprint density at radius 3 is 3.00 bits per heavy atom. The van der Waals surface area contributed by atoms with Crippen molar-refractivity contribution >= 4 is 22.2 Å². The normalized spacial score (nSPS) is 10.2. The highest BCUT2D eigenvalue weighted by molar-refractivity contribution is 9.10. The first-order valence-electron chi connectivity index (χ1n) is 3.85. The maximum Gasteiger partial charge on any atom is 0.120 e. The number of carbonyl (C=O) groups excluding carboxylic acids is 1. The fraction of sp³-hybridized carbons (Fsp3) is 0.500. The summed E-state index contributed by atoms with van der Waals surface area (Å²) < 4.78 is 2.85. The maximum atomic E-state index is 10.1. The lowest BCUT2D eigenvalue weighted by molar-refractivity contribution is -0.107. The summed E-state index contributed by atoms with van der Waals surface area (Å²) in [5.74, 6) is 0. The van der Waals surface area contributed by atoms with Crippen LogP contribution in [0.5, 0.6) is 0 Å². The molecule has 0 saturated heterocycles. The minimum absolute atomic E-state index is 0.623. The van der Waals surface area contributed by atoms with Crippen LogP contribution in [0.3, 0.4) is 0 Å². The first-order valence-corrected chi connectivity index (χ1v) is 4.65. The molecule has 0 fully saturated rings. The van der Waals surface area contributed by atoms with E-state index in [9.17, 15) is 4.79 Å². The van der Waals surface area contributed by atoms with Gasteiger partial charge < -0.3 is 4.79 Å². The highest BCUT2D eigenvalue weighted by atomic mass is 79.9. The van der Waals surface area contributed by atoms with Crippen LogP contribution in [0.1, 0.15) is 18.5 Å². The van der Waals surface area contributed by atoms with Crippen molar-refractivity contribution in [2.45, 2.75) is 19.3 Å². The average Bonchev–Trinajstić information content (AvgIpc) is 2.35. The van der Waals surface area contributed by atoms with E-state index in [0.717, 1.165) is 29.3 Å². The molecule has 0 aliphatic rings. The summed E-state index contributed by atoms with van der Waals surface area (Å²) in [5.41, 5.74) is 1.15. The predicted octanol–water partition coefficient (Wildman–Crippen LogP) is 1.70. The Hall–Kier alpha value is -0.640. The third-order valence-corrected chi connectivity index (χ3v) is 2.41. The number of rotatable bonds is 4. The molecular weight excluding hydrogens is 220 g/mol. The van der Waals surface area contributed by atoms with E-state index < -0.39 is 0 Å². The third-order valence-electron chi connectivity index (χ3n) is 1.75. The van der Waals surface area contributed by atoms with E-state index in [4.69, 9.17) is 0 Å². The van der Waals surface area contributed by atoms with Crippen LogP contribution in [-0.4, -0.2) is 16.1 Å². The van der Waals surface area contributed by atoms with Crippen molar-refractivity contribution < 1.29 is 4.79 Å². The van der Waals surface area contributed by atoms with Crippen LogP contribution >= 0.6 is 15.9 Å². The molecule has 0 radical (unpaired) electrons. The first kappa shape index (κ1) is 9.45. The second-order valence-corrected chi connectivity index (χ2v) is 3.48. The van der Waals surface area contributed by atoms with Gasteiger partial charge in [-0.1, -0.05) is 0 Å². The van der Waals surface area contributed by atoms with Gasteiger partial charge in [0, 0.05) is 13.5 Å². The van der Waals surface area contributed by atoms with Crippen LogP contribution in [0.4, 0.5) is 0 Å². The smallest absolute Gasteiger partial charge is 0.120 e. The van der Waals surface area contributed by atoms with Crippen molar-refractivity contribution in [3.8, 4) is 0 Å². The van der Waals surface area contributed by atoms with E-state index in [2.05, 4.69) is 21.0 Å². The van der Waals surface area contributed by atoms with Crippen molar-refractivity contribution in [3.63, 3.8) is 0 Å². The quantitative estimate of drug-likeness (QED) is 0.584. The number of aryl methyl sites for hydroxylation is 1. The van der Waals surface area contributed by atoms with Gasteiger partial charge >= 0.3 is 0 Å². The average molecular weight is 231 g/mol. The predicted molar refractivity (Wildman–Crippen MR) is 49.9 cm³/mol. The molecule has 0 aliphatic heterocycles. The molecule has 0 aromatic carbocycles. The van der Waals surface area contributed by atoms with Gasteiger partial charge in [0.1, 0.15) is 6.29 Å². The summed E-state index contributed by atoms with van der Waals surface area (Å²) in [6, 6.07) is 0. The Labute approximate surface area is 79.9 Å². The number of hydrogen-bond acceptors (Lipinski definition) is 2. The highest BCUT2D eigenvalue weighted by Crippen LogP contribution is 2.16. The summed E-state index contributed by atoms with van der Waals surface area (Å²) in [6.07, 6.45) is 5.13. The fourth-order valence-corrected chi connectivity index (χ4v) is 1.62. The summed E-state index contributed by atoms with van der Waals surface area (Å²) >= 11 is 3.40. The number of aromatic nitrogens is 2. The number of unbranched alkanes of at least 4 members (excludes halogenated alkanes) is 1. The van der Waals surface area contributed by atoms with Gasteiger partial charge in [0.2, 0.25) is 0 Å². The summed E-state index contributed by atoms with van der Waals surface area (Å²) in [7, 11) is 1.90. The van der Waals surface area contributed by atoms with Crippen LogP contribution in [0.2, 0.25) is 0 Å². The number of aldehydes is 1. The molecule has 1 aromatic rings. The minimum Gasteiger partial charge on any atom is -0.303 e. The maximum absolute atomic E-state index is 10.1. The summed E-state index contributed by atoms with van der Waals surface area (Å²) in [5, 5.41) is 4.08. The molecule has 0 atom stereocenters. The lowest BCUT2D eigenvalue weighted by Gasteiger charge is -1.99. The molecule has 0 spiro atoms. The lowest BCUT2D eigenvalue weighted by Crippen LogP contribution is -1.98. The van der Waals surface area contributed by atoms with Gasteiger partial charge in [-0.3, -0.25) is 4.68 Å². The van der Waals surface area contributed by atoms with Crippen LogP contribution in [0.15, 0.2) is 10.7 Å². The Morgan fingerprint density at radius 1 is 1.75 bits per heavy atom. The van der Waals surface area contributed by atoms with Crippen molar-refractivity contribution in [2.24, 2.45) is 7.05 Å². The molecule has 0 amide bonds. The van der Waals surface area contributed by atoms with Gasteiger partial charge in [0.25, 0.3) is 0 Å². The molecule has 0 unspecified atom stereocenters. The second-order valence-electron chi connectivity index (χ2n) is 2.62. The Bertz CT molecular complexity index is 251. The SMILES string of the molecule is Cn1ncc(Br)c1CCCC=O. The van der Waals surface area contributed by atoms with Crippen LogP contribution in [0.25, 0.3) is 0 Å². The van der Waals surface area contributed by atoms with E-state index in [1.165, 1.54) is 0 Å². The van der Waals surface area contributed by atoms with Gasteiger partial charge in [-0.15, -0.1) is 0 Å². The number of nitrogens with zero attached hydrogens (tertiary/aromatic N) is 2. The molecule has 0 bridgehead atoms. The zero-order chi connectivity index (χ0) is 8.97. The monoisotopic (exact) mass is 230 g/mol. The van der Waals surface area contributed by atoms with Gasteiger partial charge in [-0.2, -0.15) is 5.10 Å². The summed E-state index contributed by atoms with van der Waals surface area (Å²) in [6.45, 7) is 0. The van der Waals surface area contributed by atoms with Crippen LogP contribution in [-0.2, 0) is 18.3 Å². The van der Waals surface area contributed by atoms with Gasteiger partial charge in [-0.25, -0.2) is 0 Å². The van der Waals surface area contributed by atoms with Crippen molar-refractivity contribution in [1.29, 1.82) is 0 Å². The Kier molecular flexibility index (Phi) is 3.47. The topological polar surface area (TPSA) is 34.9 Å². The zero-order valence-electron chi connectivity index (χ0n) is 6.96. The number of hydrogen-bond donors (Lipinski definition) is 0. The molecule has 1 aromatic heterocycles. The molecule has 12 heavy (non-hydrogen) atoms. The molecule has 66 valence electrons. The fourth-order valence-electron chi connectivity index (χ4n) is 1.07. The Morgan fingerprint density at radius 2 is 2.50 bits per heavy atom. The zero-order valence-corrected chi connectivity index (χ0v) is 8.54. The van der Waals surface area contributed by atoms with E-state index in [1.807, 2.05) is 11.7 Å². The van der Waals surface area contributed by atoms with Gasteiger partial charge in [0.15, 0.2) is 0 Å². The van der Waals surface area contributed by atoms with E-state index in [0.29, 0.717) is 6.42 Å². The molecular formula is C8H11BrN2O. The number of halogens is 1. The van der Waals surface area contributed by atoms with Crippen molar-refractivity contribution in [2.75, 3.05) is 0 Å². The molecule has 1 heterocycles. The molecule has 3 nitrogen and oxygen atoms in total. The summed E-state index contributed by atoms with van der Waals surface area (Å²) in [4.78, 5) is 10.1. The van der Waals surface area contributed by atoms with Crippen molar-refractivity contribution in [1.82, 2.24) is 9.78 Å². The van der Waals surface area contributed by atoms with Gasteiger partial charge in [-0.05, 0) is 28.8 Å². The first-order chi connectivity index (χ1) is 5.75. The standard InChI is InChI=1S/C8H11BrN2O/c1-11-8(4-2-3-5-12)7(9)6-10-11/h5-6H,2-4H2,1H3. The lowest BCUT2D eigenvalue weighted by atomic mass is 10.2. The third kappa shape index (κ3) is 2.17. The molecule has 4 heteroatoms. The Balaban J connectivity index is 2.55. The highest BCUT2D eigenvalue weighted by Gasteiger charge is 2.04. The minimum atomic E-state index is 0.623.